The van der Waals surface area contributed by atoms with Crippen molar-refractivity contribution in [3.8, 4) is 0 Å². The molecule has 0 fully saturated rings. The largest absolute Gasteiger partial charge is 0.469 e. The Bertz CT molecular complexity index is 880. The molecule has 35 heavy (non-hydrogen) atoms. The number of amides is 2. The number of furan rings is 1. The number of hydrogen-bond donors (Lipinski definition) is 2. The monoisotopic (exact) mass is 484 g/mol. The van der Waals surface area contributed by atoms with Crippen LogP contribution in [0.5, 0.6) is 0 Å². The minimum Gasteiger partial charge on any atom is -0.469 e. The van der Waals surface area contributed by atoms with Crippen LogP contribution in [0.25, 0.3) is 0 Å². The van der Waals surface area contributed by atoms with E-state index in [0.717, 1.165) is 43.4 Å². The second-order valence-electron chi connectivity index (χ2n) is 9.34. The van der Waals surface area contributed by atoms with E-state index in [0.29, 0.717) is 19.3 Å². The second-order valence-corrected chi connectivity index (χ2v) is 9.34. The molecule has 1 heterocycles. The Morgan fingerprint density at radius 2 is 1.71 bits per heavy atom. The number of carbonyl (C=O) groups excluding carboxylic acids is 3. The fourth-order valence-electron chi connectivity index (χ4n) is 3.83. The number of alkyl carbamates (subject to hydrolysis) is 1. The Kier molecular flexibility index (Phi) is 12.7. The Labute approximate surface area is 209 Å². The highest BCUT2D eigenvalue weighted by molar-refractivity contribution is 5.92. The molecule has 2 N–H and O–H groups in total. The van der Waals surface area contributed by atoms with Gasteiger partial charge in [-0.25, -0.2) is 4.79 Å². The van der Waals surface area contributed by atoms with Crippen molar-refractivity contribution < 1.29 is 23.5 Å². The predicted molar refractivity (Wildman–Crippen MR) is 136 cm³/mol. The normalized spacial score (nSPS) is 12.7. The zero-order chi connectivity index (χ0) is 25.5. The van der Waals surface area contributed by atoms with E-state index in [1.807, 2.05) is 56.3 Å². The Balaban J connectivity index is 1.90. The summed E-state index contributed by atoms with van der Waals surface area (Å²) in [5.74, 6) is 0.767. The predicted octanol–water partition coefficient (Wildman–Crippen LogP) is 5.58. The van der Waals surface area contributed by atoms with Gasteiger partial charge in [0.2, 0.25) is 5.91 Å². The lowest BCUT2D eigenvalue weighted by Crippen LogP contribution is -2.52. The van der Waals surface area contributed by atoms with Crippen LogP contribution in [-0.4, -0.2) is 29.9 Å². The van der Waals surface area contributed by atoms with Crippen molar-refractivity contribution in [2.45, 2.75) is 90.8 Å². The molecular weight excluding hydrogens is 444 g/mol. The molecular formula is C28H40N2O5. The van der Waals surface area contributed by atoms with Crippen molar-refractivity contribution in [2.75, 3.05) is 0 Å². The number of ether oxygens (including phenoxy) is 1. The van der Waals surface area contributed by atoms with Gasteiger partial charge in [-0.15, -0.1) is 0 Å². The number of benzene rings is 1. The highest BCUT2D eigenvalue weighted by atomic mass is 16.5. The number of hydrogen-bond acceptors (Lipinski definition) is 5. The number of ketones is 1. The second kappa shape index (κ2) is 15.7. The summed E-state index contributed by atoms with van der Waals surface area (Å²) in [7, 11) is 0. The third kappa shape index (κ3) is 11.3. The maximum atomic E-state index is 13.1. The van der Waals surface area contributed by atoms with E-state index in [-0.39, 0.29) is 24.2 Å². The van der Waals surface area contributed by atoms with Crippen LogP contribution in [0, 0.1) is 5.92 Å². The summed E-state index contributed by atoms with van der Waals surface area (Å²) in [6.45, 7) is 6.14. The maximum Gasteiger partial charge on any atom is 0.408 e. The number of unbranched alkanes of at least 4 members (excludes halogenated alkanes) is 2. The average Bonchev–Trinajstić information content (AvgIpc) is 3.36. The van der Waals surface area contributed by atoms with E-state index >= 15 is 0 Å². The molecule has 0 saturated heterocycles. The van der Waals surface area contributed by atoms with Crippen LogP contribution in [0.4, 0.5) is 4.79 Å². The minimum absolute atomic E-state index is 0.0289. The molecule has 192 valence electrons. The number of rotatable bonds is 16. The summed E-state index contributed by atoms with van der Waals surface area (Å²) in [6.07, 6.45) is 6.57. The van der Waals surface area contributed by atoms with Crippen molar-refractivity contribution in [3.63, 3.8) is 0 Å². The molecule has 0 spiro atoms. The summed E-state index contributed by atoms with van der Waals surface area (Å²) in [5, 5.41) is 5.61. The number of Topliss-reactive ketones (excluding diaryl/α,β-unsaturated/α-hetero) is 1. The van der Waals surface area contributed by atoms with Gasteiger partial charge >= 0.3 is 6.09 Å². The van der Waals surface area contributed by atoms with Crippen molar-refractivity contribution in [1.29, 1.82) is 0 Å². The molecule has 0 saturated carbocycles. The van der Waals surface area contributed by atoms with E-state index in [2.05, 4.69) is 17.6 Å². The van der Waals surface area contributed by atoms with E-state index < -0.39 is 18.2 Å². The van der Waals surface area contributed by atoms with Crippen LogP contribution in [0.15, 0.2) is 53.1 Å². The SMILES string of the molecule is CCCCC(NC(=O)C(CC(C)C)NC(=O)OCc1ccccc1)C(=O)CCCCc1ccco1. The highest BCUT2D eigenvalue weighted by Gasteiger charge is 2.27. The van der Waals surface area contributed by atoms with Gasteiger partial charge in [0.05, 0.1) is 12.3 Å². The molecule has 7 heteroatoms. The van der Waals surface area contributed by atoms with Gasteiger partial charge in [0.15, 0.2) is 5.78 Å². The standard InChI is InChI=1S/C28H40N2O5/c1-4-5-16-24(26(31)17-10-9-14-23-15-11-18-34-23)29-27(32)25(19-21(2)3)30-28(33)35-20-22-12-7-6-8-13-22/h6-8,11-13,15,18,21,24-25H,4-5,9-10,14,16-17,19-20H2,1-3H3,(H,29,32)(H,30,33). The van der Waals surface area contributed by atoms with Crippen LogP contribution in [0.2, 0.25) is 0 Å². The van der Waals surface area contributed by atoms with Gasteiger partial charge in [0, 0.05) is 12.8 Å². The summed E-state index contributed by atoms with van der Waals surface area (Å²) in [5.41, 5.74) is 0.866. The van der Waals surface area contributed by atoms with Gasteiger partial charge in [0.1, 0.15) is 18.4 Å². The van der Waals surface area contributed by atoms with E-state index in [1.54, 1.807) is 6.26 Å². The molecule has 1 aromatic carbocycles. The van der Waals surface area contributed by atoms with Gasteiger partial charge in [-0.05, 0) is 49.3 Å². The molecule has 2 unspecified atom stereocenters. The fraction of sp³-hybridized carbons (Fsp3) is 0.536. The molecule has 0 aliphatic carbocycles. The van der Waals surface area contributed by atoms with Gasteiger partial charge in [-0.1, -0.05) is 63.9 Å². The lowest BCUT2D eigenvalue weighted by atomic mass is 9.98. The summed E-state index contributed by atoms with van der Waals surface area (Å²) in [4.78, 5) is 38.4. The summed E-state index contributed by atoms with van der Waals surface area (Å²) < 4.78 is 10.6. The van der Waals surface area contributed by atoms with Crippen LogP contribution in [0.1, 0.15) is 77.0 Å². The summed E-state index contributed by atoms with van der Waals surface area (Å²) in [6, 6.07) is 11.8. The molecule has 2 amide bonds. The molecule has 2 rings (SSSR count). The van der Waals surface area contributed by atoms with Crippen molar-refractivity contribution in [3.05, 3.63) is 60.1 Å². The van der Waals surface area contributed by atoms with Gasteiger partial charge in [-0.3, -0.25) is 9.59 Å². The first-order valence-corrected chi connectivity index (χ1v) is 12.7. The first kappa shape index (κ1) is 28.1. The average molecular weight is 485 g/mol. The Morgan fingerprint density at radius 3 is 2.37 bits per heavy atom. The van der Waals surface area contributed by atoms with E-state index in [4.69, 9.17) is 9.15 Å². The number of nitrogens with one attached hydrogen (secondary N) is 2. The molecule has 0 radical (unpaired) electrons. The first-order valence-electron chi connectivity index (χ1n) is 12.7. The van der Waals surface area contributed by atoms with Gasteiger partial charge in [-0.2, -0.15) is 0 Å². The minimum atomic E-state index is -0.769. The lowest BCUT2D eigenvalue weighted by molar-refractivity contribution is -0.129. The number of carbonyl (C=O) groups is 3. The zero-order valence-corrected chi connectivity index (χ0v) is 21.3. The fourth-order valence-corrected chi connectivity index (χ4v) is 3.83. The quantitative estimate of drug-likeness (QED) is 0.303. The Hall–Kier alpha value is -3.09. The van der Waals surface area contributed by atoms with Gasteiger partial charge in [0.25, 0.3) is 0 Å². The van der Waals surface area contributed by atoms with Crippen molar-refractivity contribution in [2.24, 2.45) is 5.92 Å². The first-order chi connectivity index (χ1) is 16.9. The maximum absolute atomic E-state index is 13.1. The molecule has 2 aromatic rings. The smallest absolute Gasteiger partial charge is 0.408 e. The third-order valence-electron chi connectivity index (χ3n) is 5.76. The lowest BCUT2D eigenvalue weighted by Gasteiger charge is -2.24. The number of aryl methyl sites for hydroxylation is 1. The molecule has 0 aliphatic heterocycles. The molecule has 7 nitrogen and oxygen atoms in total. The molecule has 1 aromatic heterocycles. The van der Waals surface area contributed by atoms with Crippen molar-refractivity contribution in [1.82, 2.24) is 10.6 Å². The molecule has 2 atom stereocenters. The third-order valence-corrected chi connectivity index (χ3v) is 5.76. The highest BCUT2D eigenvalue weighted by Crippen LogP contribution is 2.12. The summed E-state index contributed by atoms with van der Waals surface area (Å²) >= 11 is 0. The van der Waals surface area contributed by atoms with Crippen LogP contribution < -0.4 is 10.6 Å². The van der Waals surface area contributed by atoms with Crippen LogP contribution in [-0.2, 0) is 27.4 Å². The van der Waals surface area contributed by atoms with Crippen molar-refractivity contribution >= 4 is 17.8 Å². The molecule has 0 aliphatic rings. The Morgan fingerprint density at radius 1 is 0.943 bits per heavy atom. The zero-order valence-electron chi connectivity index (χ0n) is 21.3. The van der Waals surface area contributed by atoms with Crippen LogP contribution in [0.3, 0.4) is 0 Å². The van der Waals surface area contributed by atoms with E-state index in [9.17, 15) is 14.4 Å². The van der Waals surface area contributed by atoms with E-state index in [1.165, 1.54) is 0 Å². The topological polar surface area (TPSA) is 97.6 Å². The van der Waals surface area contributed by atoms with Gasteiger partial charge < -0.3 is 19.8 Å². The van der Waals surface area contributed by atoms with Crippen LogP contribution >= 0.6 is 0 Å². The molecule has 0 bridgehead atoms.